The highest BCUT2D eigenvalue weighted by atomic mass is 32.2. The van der Waals surface area contributed by atoms with Crippen molar-refractivity contribution in [2.75, 3.05) is 23.4 Å². The van der Waals surface area contributed by atoms with Gasteiger partial charge in [-0.1, -0.05) is 11.8 Å². The molecule has 0 saturated heterocycles. The van der Waals surface area contributed by atoms with Crippen LogP contribution in [0.5, 0.6) is 0 Å². The molecule has 9 heteroatoms. The van der Waals surface area contributed by atoms with Crippen molar-refractivity contribution >= 4 is 35.3 Å². The van der Waals surface area contributed by atoms with Gasteiger partial charge in [-0.2, -0.15) is 4.98 Å². The predicted octanol–water partition coefficient (Wildman–Crippen LogP) is 1.29. The topological polar surface area (TPSA) is 123 Å². The van der Waals surface area contributed by atoms with Crippen LogP contribution in [0.25, 0.3) is 0 Å². The second-order valence-corrected chi connectivity index (χ2v) is 5.08. The maximum atomic E-state index is 11.8. The van der Waals surface area contributed by atoms with Crippen LogP contribution in [0.15, 0.2) is 29.4 Å². The molecule has 1 aromatic heterocycles. The average molecular weight is 321 g/mol. The van der Waals surface area contributed by atoms with E-state index in [2.05, 4.69) is 20.5 Å². The van der Waals surface area contributed by atoms with Crippen molar-refractivity contribution in [1.82, 2.24) is 15.2 Å². The quantitative estimate of drug-likeness (QED) is 0.541. The van der Waals surface area contributed by atoms with Gasteiger partial charge >= 0.3 is 5.97 Å². The largest absolute Gasteiger partial charge is 0.462 e. The summed E-state index contributed by atoms with van der Waals surface area (Å²) in [7, 11) is 0. The fraction of sp³-hybridized carbons (Fsp3) is 0.231. The number of nitrogens with one attached hydrogen (secondary N) is 2. The summed E-state index contributed by atoms with van der Waals surface area (Å²) in [5.74, 6) is -0.246. The third kappa shape index (κ3) is 4.48. The molecule has 8 nitrogen and oxygen atoms in total. The van der Waals surface area contributed by atoms with E-state index >= 15 is 0 Å². The van der Waals surface area contributed by atoms with E-state index in [1.807, 2.05) is 0 Å². The minimum Gasteiger partial charge on any atom is -0.462 e. The van der Waals surface area contributed by atoms with Crippen molar-refractivity contribution in [1.29, 1.82) is 0 Å². The van der Waals surface area contributed by atoms with Gasteiger partial charge in [0.05, 0.1) is 17.9 Å². The number of carbonyl (C=O) groups excluding carboxylic acids is 2. The maximum Gasteiger partial charge on any atom is 0.338 e. The number of aromatic amines is 1. The van der Waals surface area contributed by atoms with Gasteiger partial charge in [-0.3, -0.25) is 4.79 Å². The van der Waals surface area contributed by atoms with Gasteiger partial charge in [-0.15, -0.1) is 5.10 Å². The number of hydrogen-bond acceptors (Lipinski definition) is 7. The van der Waals surface area contributed by atoms with Crippen LogP contribution in [0, 0.1) is 0 Å². The molecule has 1 aromatic carbocycles. The number of thioether (sulfide) groups is 1. The summed E-state index contributed by atoms with van der Waals surface area (Å²) >= 11 is 1.16. The highest BCUT2D eigenvalue weighted by molar-refractivity contribution is 7.99. The molecule has 0 aliphatic rings. The van der Waals surface area contributed by atoms with Gasteiger partial charge in [0.25, 0.3) is 0 Å². The molecule has 0 atom stereocenters. The summed E-state index contributed by atoms with van der Waals surface area (Å²) in [4.78, 5) is 27.2. The van der Waals surface area contributed by atoms with Crippen molar-refractivity contribution in [3.05, 3.63) is 29.8 Å². The Morgan fingerprint density at radius 3 is 2.68 bits per heavy atom. The number of amides is 1. The van der Waals surface area contributed by atoms with Crippen molar-refractivity contribution in [3.8, 4) is 0 Å². The Hall–Kier alpha value is -2.55. The molecule has 0 saturated carbocycles. The Morgan fingerprint density at radius 2 is 2.09 bits per heavy atom. The number of anilines is 2. The molecule has 0 aliphatic carbocycles. The molecule has 1 heterocycles. The molecule has 0 radical (unpaired) electrons. The van der Waals surface area contributed by atoms with Crippen molar-refractivity contribution < 1.29 is 14.3 Å². The van der Waals surface area contributed by atoms with Gasteiger partial charge in [0, 0.05) is 5.69 Å². The zero-order valence-electron chi connectivity index (χ0n) is 11.8. The molecular formula is C13H15N5O3S. The zero-order valence-corrected chi connectivity index (χ0v) is 12.6. The first kappa shape index (κ1) is 15.8. The van der Waals surface area contributed by atoms with Gasteiger partial charge < -0.3 is 15.8 Å². The zero-order chi connectivity index (χ0) is 15.9. The Labute approximate surface area is 130 Å². The molecule has 0 bridgehead atoms. The third-order valence-electron chi connectivity index (χ3n) is 2.49. The number of hydrogen-bond donors (Lipinski definition) is 3. The lowest BCUT2D eigenvalue weighted by atomic mass is 10.2. The van der Waals surface area contributed by atoms with E-state index in [9.17, 15) is 9.59 Å². The molecular weight excluding hydrogens is 306 g/mol. The lowest BCUT2D eigenvalue weighted by molar-refractivity contribution is -0.113. The molecule has 1 amide bonds. The SMILES string of the molecule is CCOC(=O)c1ccc(NC(=O)CSc2n[nH]c(N)n2)cc1. The smallest absolute Gasteiger partial charge is 0.338 e. The van der Waals surface area contributed by atoms with E-state index < -0.39 is 5.97 Å². The number of benzene rings is 1. The number of aromatic nitrogens is 3. The standard InChI is InChI=1S/C13H15N5O3S/c1-2-21-11(20)8-3-5-9(6-4-8)15-10(19)7-22-13-16-12(14)17-18-13/h3-6H,2,7H2,1H3,(H,15,19)(H3,14,16,17,18). The van der Waals surface area contributed by atoms with Gasteiger partial charge in [-0.25, -0.2) is 9.89 Å². The molecule has 22 heavy (non-hydrogen) atoms. The van der Waals surface area contributed by atoms with Crippen molar-refractivity contribution in [2.24, 2.45) is 0 Å². The van der Waals surface area contributed by atoms with Crippen LogP contribution in [0.2, 0.25) is 0 Å². The predicted molar refractivity (Wildman–Crippen MR) is 82.5 cm³/mol. The van der Waals surface area contributed by atoms with E-state index in [-0.39, 0.29) is 17.6 Å². The summed E-state index contributed by atoms with van der Waals surface area (Å²) in [6.07, 6.45) is 0. The van der Waals surface area contributed by atoms with Crippen molar-refractivity contribution in [3.63, 3.8) is 0 Å². The summed E-state index contributed by atoms with van der Waals surface area (Å²) in [5, 5.41) is 9.42. The van der Waals surface area contributed by atoms with Gasteiger partial charge in [0.2, 0.25) is 17.0 Å². The summed E-state index contributed by atoms with van der Waals surface area (Å²) in [5.41, 5.74) is 6.41. The van der Waals surface area contributed by atoms with Gasteiger partial charge in [0.15, 0.2) is 0 Å². The maximum absolute atomic E-state index is 11.8. The lowest BCUT2D eigenvalue weighted by Crippen LogP contribution is -2.14. The lowest BCUT2D eigenvalue weighted by Gasteiger charge is -2.05. The minimum absolute atomic E-state index is 0.150. The van der Waals surface area contributed by atoms with E-state index in [0.29, 0.717) is 23.0 Å². The summed E-state index contributed by atoms with van der Waals surface area (Å²) < 4.78 is 4.88. The molecule has 0 aliphatic heterocycles. The first-order chi connectivity index (χ1) is 10.6. The van der Waals surface area contributed by atoms with E-state index in [1.54, 1.807) is 31.2 Å². The summed E-state index contributed by atoms with van der Waals surface area (Å²) in [6.45, 7) is 2.06. The minimum atomic E-state index is -0.391. The molecule has 0 spiro atoms. The Bertz CT molecular complexity index is 656. The Kier molecular flexibility index (Phi) is 5.37. The molecule has 0 fully saturated rings. The van der Waals surface area contributed by atoms with E-state index in [1.165, 1.54) is 0 Å². The normalized spacial score (nSPS) is 10.2. The molecule has 116 valence electrons. The van der Waals surface area contributed by atoms with Crippen molar-refractivity contribution in [2.45, 2.75) is 12.1 Å². The second-order valence-electron chi connectivity index (χ2n) is 4.14. The van der Waals surface area contributed by atoms with E-state index in [4.69, 9.17) is 10.5 Å². The fourth-order valence-corrected chi connectivity index (χ4v) is 2.16. The van der Waals surface area contributed by atoms with Crippen LogP contribution in [0.3, 0.4) is 0 Å². The van der Waals surface area contributed by atoms with Crippen LogP contribution in [-0.2, 0) is 9.53 Å². The fourth-order valence-electron chi connectivity index (χ4n) is 1.55. The number of H-pyrrole nitrogens is 1. The number of carbonyl (C=O) groups is 2. The number of nitrogen functional groups attached to an aromatic ring is 1. The van der Waals surface area contributed by atoms with Crippen LogP contribution in [-0.4, -0.2) is 39.4 Å². The Balaban J connectivity index is 1.85. The highest BCUT2D eigenvalue weighted by Crippen LogP contribution is 2.15. The molecule has 2 rings (SSSR count). The molecule has 0 unspecified atom stereocenters. The number of rotatable bonds is 6. The van der Waals surface area contributed by atoms with Crippen LogP contribution >= 0.6 is 11.8 Å². The first-order valence-electron chi connectivity index (χ1n) is 6.46. The number of nitrogens with two attached hydrogens (primary N) is 1. The van der Waals surface area contributed by atoms with Crippen LogP contribution in [0.1, 0.15) is 17.3 Å². The van der Waals surface area contributed by atoms with Gasteiger partial charge in [0.1, 0.15) is 0 Å². The van der Waals surface area contributed by atoms with Crippen LogP contribution in [0.4, 0.5) is 11.6 Å². The first-order valence-corrected chi connectivity index (χ1v) is 7.44. The Morgan fingerprint density at radius 1 is 1.36 bits per heavy atom. The summed E-state index contributed by atoms with van der Waals surface area (Å²) in [6, 6.07) is 6.46. The third-order valence-corrected chi connectivity index (χ3v) is 3.34. The number of ether oxygens (including phenoxy) is 1. The number of esters is 1. The molecule has 4 N–H and O–H groups in total. The molecule has 2 aromatic rings. The van der Waals surface area contributed by atoms with Gasteiger partial charge in [-0.05, 0) is 31.2 Å². The highest BCUT2D eigenvalue weighted by Gasteiger charge is 2.09. The van der Waals surface area contributed by atoms with Crippen LogP contribution < -0.4 is 11.1 Å². The monoisotopic (exact) mass is 321 g/mol. The second kappa shape index (κ2) is 7.46. The average Bonchev–Trinajstić information content (AvgIpc) is 2.92. The van der Waals surface area contributed by atoms with E-state index in [0.717, 1.165) is 11.8 Å². The number of nitrogens with zero attached hydrogens (tertiary/aromatic N) is 2.